The van der Waals surface area contributed by atoms with Gasteiger partial charge >= 0.3 is 0 Å². The lowest BCUT2D eigenvalue weighted by Gasteiger charge is -2.11. The minimum Gasteiger partial charge on any atom is -0.397 e. The molecule has 21 heavy (non-hydrogen) atoms. The number of nitrogens with two attached hydrogens (primary N) is 1. The lowest BCUT2D eigenvalue weighted by Crippen LogP contribution is -2.01. The van der Waals surface area contributed by atoms with Crippen molar-refractivity contribution in [3.8, 4) is 6.07 Å². The molecule has 0 aliphatic heterocycles. The summed E-state index contributed by atoms with van der Waals surface area (Å²) in [7, 11) is 0. The first-order valence-electron chi connectivity index (χ1n) is 6.64. The van der Waals surface area contributed by atoms with Gasteiger partial charge in [0.1, 0.15) is 0 Å². The number of aromatic nitrogens is 1. The Balaban J connectivity index is 1.89. The average molecular weight is 274 g/mol. The van der Waals surface area contributed by atoms with E-state index in [4.69, 9.17) is 11.0 Å². The number of nitrogens with zero attached hydrogens (tertiary/aromatic N) is 2. The van der Waals surface area contributed by atoms with Crippen molar-refractivity contribution >= 4 is 22.3 Å². The summed E-state index contributed by atoms with van der Waals surface area (Å²) in [6, 6.07) is 17.4. The third kappa shape index (κ3) is 2.63. The van der Waals surface area contributed by atoms with Gasteiger partial charge in [-0.2, -0.15) is 5.26 Å². The van der Waals surface area contributed by atoms with Crippen molar-refractivity contribution in [1.82, 2.24) is 4.98 Å². The van der Waals surface area contributed by atoms with E-state index in [9.17, 15) is 0 Å². The van der Waals surface area contributed by atoms with Gasteiger partial charge in [0, 0.05) is 23.8 Å². The van der Waals surface area contributed by atoms with Crippen molar-refractivity contribution in [2.24, 2.45) is 0 Å². The third-order valence-corrected chi connectivity index (χ3v) is 3.34. The molecule has 0 aliphatic carbocycles. The number of benzene rings is 2. The Bertz CT molecular complexity index is 834. The predicted molar refractivity (Wildman–Crippen MR) is 84.6 cm³/mol. The molecule has 0 saturated carbocycles. The van der Waals surface area contributed by atoms with Gasteiger partial charge < -0.3 is 11.1 Å². The normalized spacial score (nSPS) is 10.2. The molecule has 3 rings (SSSR count). The predicted octanol–water partition coefficient (Wildman–Crippen LogP) is 3.30. The van der Waals surface area contributed by atoms with Crippen molar-refractivity contribution < 1.29 is 0 Å². The highest BCUT2D eigenvalue weighted by molar-refractivity contribution is 5.98. The molecule has 0 aliphatic rings. The van der Waals surface area contributed by atoms with Gasteiger partial charge in [-0.15, -0.1) is 0 Å². The van der Waals surface area contributed by atoms with Gasteiger partial charge in [-0.3, -0.25) is 4.98 Å². The highest BCUT2D eigenvalue weighted by Gasteiger charge is 2.04. The maximum Gasteiger partial charge on any atom is 0.0991 e. The minimum atomic E-state index is 0.642. The van der Waals surface area contributed by atoms with E-state index < -0.39 is 0 Å². The van der Waals surface area contributed by atoms with Crippen LogP contribution in [0.25, 0.3) is 10.9 Å². The third-order valence-electron chi connectivity index (χ3n) is 3.34. The van der Waals surface area contributed by atoms with E-state index >= 15 is 0 Å². The fourth-order valence-corrected chi connectivity index (χ4v) is 2.30. The Kier molecular flexibility index (Phi) is 3.40. The first-order chi connectivity index (χ1) is 10.3. The van der Waals surface area contributed by atoms with Gasteiger partial charge in [-0.05, 0) is 42.0 Å². The first kappa shape index (κ1) is 12.9. The molecular formula is C17H14N4. The zero-order valence-corrected chi connectivity index (χ0v) is 11.4. The van der Waals surface area contributed by atoms with Gasteiger partial charge in [-0.1, -0.05) is 12.1 Å². The number of rotatable bonds is 3. The van der Waals surface area contributed by atoms with Gasteiger partial charge in [0.15, 0.2) is 0 Å². The number of nitrogens with one attached hydrogen (secondary N) is 1. The quantitative estimate of drug-likeness (QED) is 0.718. The summed E-state index contributed by atoms with van der Waals surface area (Å²) in [6.07, 6.45) is 1.73. The maximum absolute atomic E-state index is 8.93. The topological polar surface area (TPSA) is 74.7 Å². The van der Waals surface area contributed by atoms with Gasteiger partial charge in [-0.25, -0.2) is 0 Å². The maximum atomic E-state index is 8.93. The zero-order chi connectivity index (χ0) is 14.7. The second-order valence-electron chi connectivity index (χ2n) is 4.77. The van der Waals surface area contributed by atoms with Crippen LogP contribution in [-0.4, -0.2) is 4.98 Å². The molecule has 0 saturated heterocycles. The molecule has 0 bridgehead atoms. The minimum absolute atomic E-state index is 0.642. The largest absolute Gasteiger partial charge is 0.397 e. The van der Waals surface area contributed by atoms with E-state index in [1.807, 2.05) is 42.5 Å². The van der Waals surface area contributed by atoms with E-state index in [0.717, 1.165) is 22.2 Å². The summed E-state index contributed by atoms with van der Waals surface area (Å²) in [6.45, 7) is 0.642. The van der Waals surface area contributed by atoms with Crippen molar-refractivity contribution in [2.75, 3.05) is 11.1 Å². The molecule has 4 heteroatoms. The van der Waals surface area contributed by atoms with Crippen LogP contribution in [0, 0.1) is 11.3 Å². The molecule has 0 radical (unpaired) electrons. The molecule has 4 nitrogen and oxygen atoms in total. The molecule has 2 aromatic carbocycles. The van der Waals surface area contributed by atoms with Crippen molar-refractivity contribution in [3.05, 3.63) is 65.9 Å². The van der Waals surface area contributed by atoms with Crippen LogP contribution in [0.2, 0.25) is 0 Å². The van der Waals surface area contributed by atoms with Crippen LogP contribution in [0.3, 0.4) is 0 Å². The average Bonchev–Trinajstić information content (AvgIpc) is 2.55. The monoisotopic (exact) mass is 274 g/mol. The van der Waals surface area contributed by atoms with E-state index in [1.165, 1.54) is 0 Å². The molecule has 0 amide bonds. The number of nitriles is 1. The van der Waals surface area contributed by atoms with E-state index in [0.29, 0.717) is 17.8 Å². The van der Waals surface area contributed by atoms with Crippen LogP contribution in [0.5, 0.6) is 0 Å². The molecule has 1 aromatic heterocycles. The molecule has 3 N–H and O–H groups in total. The van der Waals surface area contributed by atoms with Crippen molar-refractivity contribution in [1.29, 1.82) is 5.26 Å². The molecule has 102 valence electrons. The molecule has 0 atom stereocenters. The second kappa shape index (κ2) is 5.51. The smallest absolute Gasteiger partial charge is 0.0991 e. The molecule has 0 unspecified atom stereocenters. The lowest BCUT2D eigenvalue weighted by molar-refractivity contribution is 1.15. The van der Waals surface area contributed by atoms with Crippen LogP contribution in [0.4, 0.5) is 11.4 Å². The van der Waals surface area contributed by atoms with Gasteiger partial charge in [0.25, 0.3) is 0 Å². The van der Waals surface area contributed by atoms with Crippen molar-refractivity contribution in [2.45, 2.75) is 6.54 Å². The van der Waals surface area contributed by atoms with E-state index in [2.05, 4.69) is 16.4 Å². The Morgan fingerprint density at radius 2 is 2.05 bits per heavy atom. The van der Waals surface area contributed by atoms with E-state index in [-0.39, 0.29) is 0 Å². The Morgan fingerprint density at radius 1 is 1.14 bits per heavy atom. The summed E-state index contributed by atoms with van der Waals surface area (Å²) in [5.41, 5.74) is 10.1. The summed E-state index contributed by atoms with van der Waals surface area (Å²) < 4.78 is 0. The number of fused-ring (bicyclic) bond motifs is 1. The molecule has 0 fully saturated rings. The zero-order valence-electron chi connectivity index (χ0n) is 11.4. The summed E-state index contributed by atoms with van der Waals surface area (Å²) in [5, 5.41) is 13.3. The highest BCUT2D eigenvalue weighted by atomic mass is 14.9. The summed E-state index contributed by atoms with van der Waals surface area (Å²) in [4.78, 5) is 4.32. The lowest BCUT2D eigenvalue weighted by atomic mass is 10.1. The van der Waals surface area contributed by atoms with Crippen LogP contribution in [0.15, 0.2) is 54.7 Å². The molecular weight excluding hydrogens is 260 g/mol. The standard InChI is InChI=1S/C17H14N4/c18-10-12-3-1-4-13(9-12)11-21-16-7-6-15(19)17-14(16)5-2-8-20-17/h1-9,21H,11,19H2. The second-order valence-corrected chi connectivity index (χ2v) is 4.77. The fraction of sp³-hybridized carbons (Fsp3) is 0.0588. The molecule has 3 aromatic rings. The summed E-state index contributed by atoms with van der Waals surface area (Å²) in [5.74, 6) is 0. The van der Waals surface area contributed by atoms with Gasteiger partial charge in [0.05, 0.1) is 22.8 Å². The fourth-order valence-electron chi connectivity index (χ4n) is 2.30. The van der Waals surface area contributed by atoms with E-state index in [1.54, 1.807) is 12.3 Å². The van der Waals surface area contributed by atoms with Crippen LogP contribution >= 0.6 is 0 Å². The number of anilines is 2. The van der Waals surface area contributed by atoms with Crippen molar-refractivity contribution in [3.63, 3.8) is 0 Å². The van der Waals surface area contributed by atoms with Crippen LogP contribution in [-0.2, 0) is 6.54 Å². The number of hydrogen-bond donors (Lipinski definition) is 2. The first-order valence-corrected chi connectivity index (χ1v) is 6.64. The highest BCUT2D eigenvalue weighted by Crippen LogP contribution is 2.26. The van der Waals surface area contributed by atoms with Gasteiger partial charge in [0.2, 0.25) is 0 Å². The van der Waals surface area contributed by atoms with Crippen LogP contribution < -0.4 is 11.1 Å². The Morgan fingerprint density at radius 3 is 2.90 bits per heavy atom. The molecule has 0 spiro atoms. The Labute approximate surface area is 122 Å². The van der Waals surface area contributed by atoms with Crippen LogP contribution in [0.1, 0.15) is 11.1 Å². The number of hydrogen-bond acceptors (Lipinski definition) is 4. The SMILES string of the molecule is N#Cc1cccc(CNc2ccc(N)c3ncccc23)c1. The molecule has 1 heterocycles. The summed E-state index contributed by atoms with van der Waals surface area (Å²) >= 11 is 0. The Hall–Kier alpha value is -3.06. The number of pyridine rings is 1. The number of nitrogen functional groups attached to an aromatic ring is 1.